The molecule has 178 valence electrons. The maximum absolute atomic E-state index is 13.1. The van der Waals surface area contributed by atoms with E-state index in [9.17, 15) is 8.42 Å². The van der Waals surface area contributed by atoms with Crippen LogP contribution in [0.25, 0.3) is 11.0 Å². The fourth-order valence-corrected chi connectivity index (χ4v) is 5.52. The van der Waals surface area contributed by atoms with Crippen LogP contribution < -0.4 is 14.4 Å². The summed E-state index contributed by atoms with van der Waals surface area (Å²) in [5.74, 6) is 2.18. The molecule has 10 heteroatoms. The third-order valence-corrected chi connectivity index (χ3v) is 7.80. The maximum Gasteiger partial charge on any atom is 0.243 e. The molecule has 0 spiro atoms. The fourth-order valence-electron chi connectivity index (χ4n) is 4.10. The van der Waals surface area contributed by atoms with Gasteiger partial charge in [0.15, 0.2) is 11.5 Å². The van der Waals surface area contributed by atoms with E-state index in [1.165, 1.54) is 4.31 Å². The quantitative estimate of drug-likeness (QED) is 0.496. The van der Waals surface area contributed by atoms with Crippen molar-refractivity contribution in [1.29, 1.82) is 0 Å². The monoisotopic (exact) mass is 474 g/mol. The molecule has 2 aromatic carbocycles. The van der Waals surface area contributed by atoms with E-state index in [4.69, 9.17) is 19.2 Å². The van der Waals surface area contributed by atoms with E-state index in [0.29, 0.717) is 49.9 Å². The Morgan fingerprint density at radius 1 is 1.06 bits per heavy atom. The molecule has 0 amide bonds. The standard InChI is InChI=1S/C23H30N4O5S/c1-5-27-20-8-7-18(33(28,29)26-10-12-32-13-11-26)15-19(20)24-23(27)16-25(2)17-6-9-21(30-3)22(14-17)31-4/h6-9,14-15H,5,10-13,16H2,1-4H3. The summed E-state index contributed by atoms with van der Waals surface area (Å²) in [6.45, 7) is 4.89. The normalized spacial score (nSPS) is 15.0. The van der Waals surface area contributed by atoms with Gasteiger partial charge in [0.25, 0.3) is 0 Å². The minimum absolute atomic E-state index is 0.262. The Morgan fingerprint density at radius 3 is 2.45 bits per heavy atom. The number of imidazole rings is 1. The van der Waals surface area contributed by atoms with Gasteiger partial charge in [-0.1, -0.05) is 0 Å². The Bertz CT molecular complexity index is 1240. The van der Waals surface area contributed by atoms with Gasteiger partial charge in [0, 0.05) is 38.4 Å². The average molecular weight is 475 g/mol. The predicted molar refractivity (Wildman–Crippen MR) is 127 cm³/mol. The zero-order valence-electron chi connectivity index (χ0n) is 19.4. The molecule has 0 saturated carbocycles. The molecule has 1 saturated heterocycles. The van der Waals surface area contributed by atoms with E-state index in [0.717, 1.165) is 23.6 Å². The van der Waals surface area contributed by atoms with Crippen LogP contribution in [0.4, 0.5) is 5.69 Å². The van der Waals surface area contributed by atoms with Crippen molar-refractivity contribution in [2.75, 3.05) is 52.5 Å². The summed E-state index contributed by atoms with van der Waals surface area (Å²) in [6.07, 6.45) is 0. The molecule has 0 atom stereocenters. The van der Waals surface area contributed by atoms with Crippen LogP contribution in [-0.4, -0.2) is 69.8 Å². The smallest absolute Gasteiger partial charge is 0.243 e. The van der Waals surface area contributed by atoms with Crippen molar-refractivity contribution in [3.8, 4) is 11.5 Å². The topological polar surface area (TPSA) is 86.1 Å². The molecule has 1 aromatic heterocycles. The molecule has 0 N–H and O–H groups in total. The lowest BCUT2D eigenvalue weighted by Crippen LogP contribution is -2.40. The van der Waals surface area contributed by atoms with Crippen LogP contribution in [0, 0.1) is 0 Å². The van der Waals surface area contributed by atoms with Crippen LogP contribution in [0.3, 0.4) is 0 Å². The second-order valence-corrected chi connectivity index (χ2v) is 9.77. The van der Waals surface area contributed by atoms with Crippen LogP contribution in [0.1, 0.15) is 12.7 Å². The van der Waals surface area contributed by atoms with Crippen molar-refractivity contribution in [2.24, 2.45) is 0 Å². The molecule has 0 bridgehead atoms. The number of rotatable bonds is 8. The van der Waals surface area contributed by atoms with Crippen LogP contribution in [0.5, 0.6) is 11.5 Å². The number of aryl methyl sites for hydroxylation is 1. The van der Waals surface area contributed by atoms with Gasteiger partial charge in [-0.2, -0.15) is 4.31 Å². The zero-order chi connectivity index (χ0) is 23.6. The van der Waals surface area contributed by atoms with Crippen LogP contribution in [0.2, 0.25) is 0 Å². The molecule has 0 unspecified atom stereocenters. The largest absolute Gasteiger partial charge is 0.493 e. The number of benzene rings is 2. The van der Waals surface area contributed by atoms with Crippen molar-refractivity contribution in [2.45, 2.75) is 24.9 Å². The summed E-state index contributed by atoms with van der Waals surface area (Å²) in [4.78, 5) is 7.13. The minimum atomic E-state index is -3.58. The summed E-state index contributed by atoms with van der Waals surface area (Å²) in [5, 5.41) is 0. The number of nitrogens with zero attached hydrogens (tertiary/aromatic N) is 4. The van der Waals surface area contributed by atoms with Crippen LogP contribution in [0.15, 0.2) is 41.3 Å². The third-order valence-electron chi connectivity index (χ3n) is 5.91. The zero-order valence-corrected chi connectivity index (χ0v) is 20.3. The van der Waals surface area contributed by atoms with E-state index in [1.54, 1.807) is 26.4 Å². The highest BCUT2D eigenvalue weighted by atomic mass is 32.2. The number of anilines is 1. The van der Waals surface area contributed by atoms with Gasteiger partial charge in [0.1, 0.15) is 5.82 Å². The average Bonchev–Trinajstić information content (AvgIpc) is 3.20. The number of sulfonamides is 1. The summed E-state index contributed by atoms with van der Waals surface area (Å²) in [5.41, 5.74) is 2.54. The predicted octanol–water partition coefficient (Wildman–Crippen LogP) is 2.73. The van der Waals surface area contributed by atoms with E-state index in [1.807, 2.05) is 31.3 Å². The van der Waals surface area contributed by atoms with Crippen molar-refractivity contribution in [1.82, 2.24) is 13.9 Å². The molecule has 0 aliphatic carbocycles. The molecule has 9 nitrogen and oxygen atoms in total. The van der Waals surface area contributed by atoms with Crippen molar-refractivity contribution in [3.63, 3.8) is 0 Å². The molecule has 4 rings (SSSR count). The lowest BCUT2D eigenvalue weighted by Gasteiger charge is -2.26. The van der Waals surface area contributed by atoms with Gasteiger partial charge < -0.3 is 23.7 Å². The van der Waals surface area contributed by atoms with Gasteiger partial charge in [-0.15, -0.1) is 0 Å². The van der Waals surface area contributed by atoms with E-state index >= 15 is 0 Å². The Morgan fingerprint density at radius 2 is 1.79 bits per heavy atom. The van der Waals surface area contributed by atoms with Crippen molar-refractivity contribution < 1.29 is 22.6 Å². The first-order valence-corrected chi connectivity index (χ1v) is 12.3. The Hall–Kier alpha value is -2.82. The molecule has 33 heavy (non-hydrogen) atoms. The Labute approximate surface area is 194 Å². The highest BCUT2D eigenvalue weighted by molar-refractivity contribution is 7.89. The highest BCUT2D eigenvalue weighted by Gasteiger charge is 2.27. The number of methoxy groups -OCH3 is 2. The molecular weight excluding hydrogens is 444 g/mol. The van der Waals surface area contributed by atoms with Gasteiger partial charge in [-0.3, -0.25) is 0 Å². The fraction of sp³-hybridized carbons (Fsp3) is 0.435. The van der Waals surface area contributed by atoms with E-state index < -0.39 is 10.0 Å². The van der Waals surface area contributed by atoms with Crippen molar-refractivity contribution in [3.05, 3.63) is 42.2 Å². The second-order valence-electron chi connectivity index (χ2n) is 7.83. The molecule has 1 fully saturated rings. The number of morpholine rings is 1. The van der Waals surface area contributed by atoms with Gasteiger partial charge in [0.2, 0.25) is 10.0 Å². The third kappa shape index (κ3) is 4.50. The van der Waals surface area contributed by atoms with Gasteiger partial charge in [0.05, 0.1) is 49.9 Å². The summed E-state index contributed by atoms with van der Waals surface area (Å²) in [7, 11) is 1.63. The second kappa shape index (κ2) is 9.58. The molecule has 2 heterocycles. The number of fused-ring (bicyclic) bond motifs is 1. The molecular formula is C23H30N4O5S. The number of hydrogen-bond donors (Lipinski definition) is 0. The number of hydrogen-bond acceptors (Lipinski definition) is 7. The number of ether oxygens (including phenoxy) is 3. The Balaban J connectivity index is 1.64. The van der Waals surface area contributed by atoms with E-state index in [2.05, 4.69) is 16.4 Å². The molecule has 1 aliphatic heterocycles. The first-order chi connectivity index (χ1) is 15.9. The van der Waals surface area contributed by atoms with Crippen molar-refractivity contribution >= 4 is 26.7 Å². The van der Waals surface area contributed by atoms with E-state index in [-0.39, 0.29) is 4.90 Å². The van der Waals surface area contributed by atoms with Crippen LogP contribution >= 0.6 is 0 Å². The van der Waals surface area contributed by atoms with Gasteiger partial charge in [-0.05, 0) is 37.3 Å². The highest BCUT2D eigenvalue weighted by Crippen LogP contribution is 2.32. The molecule has 0 radical (unpaired) electrons. The van der Waals surface area contributed by atoms with Crippen LogP contribution in [-0.2, 0) is 27.8 Å². The lowest BCUT2D eigenvalue weighted by atomic mass is 10.2. The summed E-state index contributed by atoms with van der Waals surface area (Å²) >= 11 is 0. The molecule has 3 aromatic rings. The molecule has 1 aliphatic rings. The summed E-state index contributed by atoms with van der Waals surface area (Å²) in [6, 6.07) is 10.9. The Kier molecular flexibility index (Phi) is 6.78. The van der Waals surface area contributed by atoms with Gasteiger partial charge >= 0.3 is 0 Å². The SMILES string of the molecule is CCn1c(CN(C)c2ccc(OC)c(OC)c2)nc2cc(S(=O)(=O)N3CCOCC3)ccc21. The van der Waals surface area contributed by atoms with Gasteiger partial charge in [-0.25, -0.2) is 13.4 Å². The number of aromatic nitrogens is 2. The maximum atomic E-state index is 13.1. The first-order valence-electron chi connectivity index (χ1n) is 10.9. The summed E-state index contributed by atoms with van der Waals surface area (Å²) < 4.78 is 45.8. The minimum Gasteiger partial charge on any atom is -0.493 e. The first kappa shape index (κ1) is 23.3. The lowest BCUT2D eigenvalue weighted by molar-refractivity contribution is 0.0730.